The molecule has 9 heteroatoms. The molecule has 1 atom stereocenters. The summed E-state index contributed by atoms with van der Waals surface area (Å²) in [6.07, 6.45) is 2.17. The second kappa shape index (κ2) is 10.7. The Kier molecular flexibility index (Phi) is 7.24. The SMILES string of the molecule is COC(=O)COc1ccc(NC(=O)C(Cc2c[nH]c3ccccc23)NC(=O)c2cccs2)cc1. The van der Waals surface area contributed by atoms with Gasteiger partial charge < -0.3 is 25.1 Å². The Morgan fingerprint density at radius 1 is 1.03 bits per heavy atom. The van der Waals surface area contributed by atoms with Crippen LogP contribution in [-0.2, 0) is 20.7 Å². The number of carbonyl (C=O) groups is 3. The highest BCUT2D eigenvalue weighted by Crippen LogP contribution is 2.21. The summed E-state index contributed by atoms with van der Waals surface area (Å²) in [6.45, 7) is -0.205. The molecule has 0 saturated heterocycles. The lowest BCUT2D eigenvalue weighted by Gasteiger charge is -2.18. The highest BCUT2D eigenvalue weighted by molar-refractivity contribution is 7.12. The topological polar surface area (TPSA) is 110 Å². The van der Waals surface area contributed by atoms with Crippen molar-refractivity contribution in [3.05, 3.63) is 82.7 Å². The molecule has 0 aliphatic carbocycles. The predicted molar refractivity (Wildman–Crippen MR) is 130 cm³/mol. The van der Waals surface area contributed by atoms with E-state index in [-0.39, 0.29) is 18.4 Å². The molecule has 0 radical (unpaired) electrons. The Morgan fingerprint density at radius 2 is 1.82 bits per heavy atom. The minimum absolute atomic E-state index is 0.205. The maximum absolute atomic E-state index is 13.2. The first-order chi connectivity index (χ1) is 16.5. The Bertz CT molecular complexity index is 1280. The first kappa shape index (κ1) is 23.1. The number of carbonyl (C=O) groups excluding carboxylic acids is 3. The Hall–Kier alpha value is -4.11. The fourth-order valence-corrected chi connectivity index (χ4v) is 4.06. The average molecular weight is 478 g/mol. The van der Waals surface area contributed by atoms with Crippen molar-refractivity contribution in [2.24, 2.45) is 0 Å². The van der Waals surface area contributed by atoms with Crippen LogP contribution in [0.1, 0.15) is 15.2 Å². The summed E-state index contributed by atoms with van der Waals surface area (Å²) in [5, 5.41) is 8.52. The van der Waals surface area contributed by atoms with Gasteiger partial charge in [0.2, 0.25) is 5.91 Å². The lowest BCUT2D eigenvalue weighted by molar-refractivity contribution is -0.142. The van der Waals surface area contributed by atoms with Crippen molar-refractivity contribution in [1.82, 2.24) is 10.3 Å². The Balaban J connectivity index is 1.49. The highest BCUT2D eigenvalue weighted by atomic mass is 32.1. The van der Waals surface area contributed by atoms with Gasteiger partial charge in [-0.05, 0) is 47.3 Å². The summed E-state index contributed by atoms with van der Waals surface area (Å²) in [5.74, 6) is -0.677. The fourth-order valence-electron chi connectivity index (χ4n) is 3.43. The zero-order chi connectivity index (χ0) is 23.9. The van der Waals surface area contributed by atoms with Crippen molar-refractivity contribution >= 4 is 45.7 Å². The number of anilines is 1. The van der Waals surface area contributed by atoms with E-state index in [1.165, 1.54) is 18.4 Å². The van der Waals surface area contributed by atoms with E-state index >= 15 is 0 Å². The number of aromatic amines is 1. The zero-order valence-electron chi connectivity index (χ0n) is 18.4. The second-order valence-electron chi connectivity index (χ2n) is 7.45. The van der Waals surface area contributed by atoms with Crippen LogP contribution in [0.25, 0.3) is 10.9 Å². The van der Waals surface area contributed by atoms with E-state index in [1.54, 1.807) is 36.4 Å². The van der Waals surface area contributed by atoms with Crippen molar-refractivity contribution in [1.29, 1.82) is 0 Å². The summed E-state index contributed by atoms with van der Waals surface area (Å²) < 4.78 is 9.87. The Labute approximate surface area is 199 Å². The van der Waals surface area contributed by atoms with Crippen LogP contribution in [-0.4, -0.2) is 42.5 Å². The van der Waals surface area contributed by atoms with Crippen LogP contribution in [0.2, 0.25) is 0 Å². The molecule has 0 aliphatic rings. The van der Waals surface area contributed by atoms with Gasteiger partial charge in [0.1, 0.15) is 11.8 Å². The lowest BCUT2D eigenvalue weighted by atomic mass is 10.0. The van der Waals surface area contributed by atoms with Crippen molar-refractivity contribution < 1.29 is 23.9 Å². The molecular formula is C25H23N3O5S. The molecule has 2 heterocycles. The molecule has 3 N–H and O–H groups in total. The molecule has 174 valence electrons. The average Bonchev–Trinajstić information content (AvgIpc) is 3.54. The third-order valence-electron chi connectivity index (χ3n) is 5.17. The van der Waals surface area contributed by atoms with Crippen molar-refractivity contribution in [3.63, 3.8) is 0 Å². The van der Waals surface area contributed by atoms with Crippen LogP contribution < -0.4 is 15.4 Å². The first-order valence-electron chi connectivity index (χ1n) is 10.5. The van der Waals surface area contributed by atoms with Gasteiger partial charge in [0, 0.05) is 29.2 Å². The van der Waals surface area contributed by atoms with Gasteiger partial charge in [0.25, 0.3) is 5.91 Å². The van der Waals surface area contributed by atoms with E-state index in [0.29, 0.717) is 22.7 Å². The number of hydrogen-bond acceptors (Lipinski definition) is 6. The number of H-pyrrole nitrogens is 1. The van der Waals surface area contributed by atoms with Crippen molar-refractivity contribution in [2.45, 2.75) is 12.5 Å². The summed E-state index contributed by atoms with van der Waals surface area (Å²) in [5.41, 5.74) is 2.42. The molecule has 2 amide bonds. The molecule has 0 bridgehead atoms. The van der Waals surface area contributed by atoms with E-state index in [4.69, 9.17) is 4.74 Å². The maximum atomic E-state index is 13.2. The Morgan fingerprint density at radius 3 is 2.56 bits per heavy atom. The van der Waals surface area contributed by atoms with E-state index in [2.05, 4.69) is 20.4 Å². The molecule has 4 rings (SSSR count). The number of methoxy groups -OCH3 is 1. The number of fused-ring (bicyclic) bond motifs is 1. The van der Waals surface area contributed by atoms with Crippen molar-refractivity contribution in [3.8, 4) is 5.75 Å². The quantitative estimate of drug-likeness (QED) is 0.318. The molecule has 0 fully saturated rings. The van der Waals surface area contributed by atoms with E-state index in [0.717, 1.165) is 16.5 Å². The van der Waals surface area contributed by atoms with E-state index in [9.17, 15) is 14.4 Å². The minimum Gasteiger partial charge on any atom is -0.482 e. The molecule has 34 heavy (non-hydrogen) atoms. The monoisotopic (exact) mass is 477 g/mol. The maximum Gasteiger partial charge on any atom is 0.343 e. The second-order valence-corrected chi connectivity index (χ2v) is 8.39. The van der Waals surface area contributed by atoms with E-state index < -0.39 is 12.0 Å². The van der Waals surface area contributed by atoms with Gasteiger partial charge >= 0.3 is 5.97 Å². The van der Waals surface area contributed by atoms with Gasteiger partial charge in [0.15, 0.2) is 6.61 Å². The third-order valence-corrected chi connectivity index (χ3v) is 6.04. The molecule has 1 unspecified atom stereocenters. The number of nitrogens with one attached hydrogen (secondary N) is 3. The number of esters is 1. The van der Waals surface area contributed by atoms with Gasteiger partial charge in [-0.15, -0.1) is 11.3 Å². The number of rotatable bonds is 9. The molecule has 2 aromatic heterocycles. The number of hydrogen-bond donors (Lipinski definition) is 3. The van der Waals surface area contributed by atoms with Crippen molar-refractivity contribution in [2.75, 3.05) is 19.0 Å². The minimum atomic E-state index is -0.802. The summed E-state index contributed by atoms with van der Waals surface area (Å²) >= 11 is 1.31. The number of amides is 2. The van der Waals surface area contributed by atoms with Gasteiger partial charge in [-0.2, -0.15) is 0 Å². The van der Waals surface area contributed by atoms with Gasteiger partial charge in [0.05, 0.1) is 12.0 Å². The number of aromatic nitrogens is 1. The van der Waals surface area contributed by atoms with Gasteiger partial charge in [-0.1, -0.05) is 24.3 Å². The molecular weight excluding hydrogens is 454 g/mol. The van der Waals surface area contributed by atoms with Crippen LogP contribution in [0.4, 0.5) is 5.69 Å². The van der Waals surface area contributed by atoms with Crippen LogP contribution >= 0.6 is 11.3 Å². The molecule has 8 nitrogen and oxygen atoms in total. The van der Waals surface area contributed by atoms with E-state index in [1.807, 2.05) is 35.8 Å². The fraction of sp³-hybridized carbons (Fsp3) is 0.160. The molecule has 0 aliphatic heterocycles. The number of benzene rings is 2. The van der Waals surface area contributed by atoms with Gasteiger partial charge in [-0.3, -0.25) is 9.59 Å². The number of para-hydroxylation sites is 1. The van der Waals surface area contributed by atoms with Crippen LogP contribution in [0, 0.1) is 0 Å². The molecule has 0 spiro atoms. The van der Waals surface area contributed by atoms with Crippen LogP contribution in [0.5, 0.6) is 5.75 Å². The van der Waals surface area contributed by atoms with Gasteiger partial charge in [-0.25, -0.2) is 4.79 Å². The summed E-state index contributed by atoms with van der Waals surface area (Å²) in [7, 11) is 1.29. The predicted octanol–water partition coefficient (Wildman–Crippen LogP) is 3.76. The first-order valence-corrected chi connectivity index (χ1v) is 11.4. The summed E-state index contributed by atoms with van der Waals surface area (Å²) in [6, 6.07) is 17.1. The smallest absolute Gasteiger partial charge is 0.343 e. The zero-order valence-corrected chi connectivity index (χ0v) is 19.2. The molecule has 2 aromatic carbocycles. The summed E-state index contributed by atoms with van der Waals surface area (Å²) in [4.78, 5) is 40.9. The largest absolute Gasteiger partial charge is 0.482 e. The standard InChI is InChI=1S/C25H23N3O5S/c1-32-23(29)15-33-18-10-8-17(9-11-18)27-24(30)21(28-25(31)22-7-4-12-34-22)13-16-14-26-20-6-3-2-5-19(16)20/h2-12,14,21,26H,13,15H2,1H3,(H,27,30)(H,28,31). The third kappa shape index (κ3) is 5.62. The normalized spacial score (nSPS) is 11.6. The molecule has 0 saturated carbocycles. The van der Waals surface area contributed by atoms with Crippen LogP contribution in [0.15, 0.2) is 72.2 Å². The number of thiophene rings is 1. The lowest BCUT2D eigenvalue weighted by Crippen LogP contribution is -2.45. The molecule has 4 aromatic rings. The number of ether oxygens (including phenoxy) is 2. The highest BCUT2D eigenvalue weighted by Gasteiger charge is 2.24. The van der Waals surface area contributed by atoms with Crippen LogP contribution in [0.3, 0.4) is 0 Å².